The molecule has 1 unspecified atom stereocenters. The Morgan fingerprint density at radius 2 is 1.87 bits per heavy atom. The Labute approximate surface area is 222 Å². The Morgan fingerprint density at radius 1 is 1.11 bits per heavy atom. The summed E-state index contributed by atoms with van der Waals surface area (Å²) in [7, 11) is 1.94. The summed E-state index contributed by atoms with van der Waals surface area (Å²) < 4.78 is 3.80. The van der Waals surface area contributed by atoms with Crippen molar-refractivity contribution in [1.29, 1.82) is 0 Å². The van der Waals surface area contributed by atoms with Gasteiger partial charge in [-0.3, -0.25) is 9.59 Å². The number of piperidine rings is 1. The number of nitrogens with one attached hydrogen (secondary N) is 2. The lowest BCUT2D eigenvalue weighted by molar-refractivity contribution is -0.128. The average molecular weight is 515 g/mol. The predicted octanol–water partition coefficient (Wildman–Crippen LogP) is 2.19. The lowest BCUT2D eigenvalue weighted by atomic mass is 10.0. The fourth-order valence-corrected chi connectivity index (χ4v) is 5.21. The van der Waals surface area contributed by atoms with E-state index in [0.29, 0.717) is 12.2 Å². The molecule has 0 bridgehead atoms. The van der Waals surface area contributed by atoms with Crippen LogP contribution in [-0.2, 0) is 29.5 Å². The second kappa shape index (κ2) is 11.0. The average Bonchev–Trinajstić information content (AvgIpc) is 3.53. The smallest absolute Gasteiger partial charge is 0.254 e. The molecule has 1 aliphatic heterocycles. The molecule has 38 heavy (non-hydrogen) atoms. The molecule has 0 spiro atoms. The van der Waals surface area contributed by atoms with Crippen LogP contribution in [0.4, 0.5) is 5.82 Å². The van der Waals surface area contributed by atoms with Crippen LogP contribution in [0.2, 0.25) is 0 Å². The normalized spacial score (nSPS) is 15.0. The first-order valence-corrected chi connectivity index (χ1v) is 13.0. The van der Waals surface area contributed by atoms with Crippen molar-refractivity contribution in [3.63, 3.8) is 0 Å². The molecule has 10 nitrogen and oxygen atoms in total. The first-order valence-electron chi connectivity index (χ1n) is 13.0. The number of benzene rings is 1. The molecule has 1 atom stereocenters. The van der Waals surface area contributed by atoms with Crippen molar-refractivity contribution in [3.05, 3.63) is 77.5 Å². The molecule has 5 rings (SSSR count). The predicted molar refractivity (Wildman–Crippen MR) is 145 cm³/mol. The number of nitrogens with zero attached hydrogens (tertiary/aromatic N) is 6. The van der Waals surface area contributed by atoms with Crippen molar-refractivity contribution >= 4 is 23.4 Å². The summed E-state index contributed by atoms with van der Waals surface area (Å²) >= 11 is 0. The van der Waals surface area contributed by atoms with Gasteiger partial charge in [0.05, 0.1) is 0 Å². The van der Waals surface area contributed by atoms with Gasteiger partial charge in [-0.1, -0.05) is 30.3 Å². The van der Waals surface area contributed by atoms with Gasteiger partial charge in [0.2, 0.25) is 11.8 Å². The lowest BCUT2D eigenvalue weighted by Crippen LogP contribution is -2.53. The molecule has 1 aliphatic rings. The highest BCUT2D eigenvalue weighted by atomic mass is 16.2. The topological polar surface area (TPSA) is 109 Å². The standard InChI is InChI=1S/C28H34N8O2/c1-19-24(16-21-8-5-4-6-9-21)27(36-28(31-19)29-18-30-36)35-14-11-22(12-15-35)33-26(38)25(32-20(2)37)17-23-10-7-13-34(23)3/h4-10,13,18,22,25H,11-12,14-17H2,1-3H3,(H,32,37)(H,33,38). The summed E-state index contributed by atoms with van der Waals surface area (Å²) in [6, 6.07) is 13.7. The molecule has 2 amide bonds. The number of aromatic nitrogens is 5. The Bertz CT molecular complexity index is 1420. The highest BCUT2D eigenvalue weighted by Crippen LogP contribution is 2.28. The van der Waals surface area contributed by atoms with Gasteiger partial charge in [0, 0.05) is 69.1 Å². The van der Waals surface area contributed by atoms with Crippen LogP contribution in [0.3, 0.4) is 0 Å². The third kappa shape index (κ3) is 5.53. The maximum absolute atomic E-state index is 13.2. The van der Waals surface area contributed by atoms with Gasteiger partial charge in [0.1, 0.15) is 18.2 Å². The molecule has 3 aromatic heterocycles. The van der Waals surface area contributed by atoms with Gasteiger partial charge >= 0.3 is 0 Å². The lowest BCUT2D eigenvalue weighted by Gasteiger charge is -2.35. The second-order valence-electron chi connectivity index (χ2n) is 9.97. The molecule has 2 N–H and O–H groups in total. The molecule has 1 fully saturated rings. The van der Waals surface area contributed by atoms with Crippen molar-refractivity contribution in [3.8, 4) is 0 Å². The zero-order chi connectivity index (χ0) is 26.6. The van der Waals surface area contributed by atoms with Crippen molar-refractivity contribution in [2.24, 2.45) is 7.05 Å². The minimum atomic E-state index is -0.616. The third-order valence-electron chi connectivity index (χ3n) is 7.23. The van der Waals surface area contributed by atoms with E-state index in [-0.39, 0.29) is 17.9 Å². The first-order chi connectivity index (χ1) is 18.4. The maximum Gasteiger partial charge on any atom is 0.254 e. The number of aryl methyl sites for hydroxylation is 2. The van der Waals surface area contributed by atoms with Crippen LogP contribution in [0.15, 0.2) is 55.0 Å². The maximum atomic E-state index is 13.2. The number of hydrogen-bond acceptors (Lipinski definition) is 6. The van der Waals surface area contributed by atoms with Crippen LogP contribution in [0, 0.1) is 6.92 Å². The highest BCUT2D eigenvalue weighted by molar-refractivity contribution is 5.87. The Morgan fingerprint density at radius 3 is 2.55 bits per heavy atom. The van der Waals surface area contributed by atoms with E-state index in [9.17, 15) is 9.59 Å². The molecule has 0 radical (unpaired) electrons. The molecular weight excluding hydrogens is 480 g/mol. The molecule has 4 heterocycles. The van der Waals surface area contributed by atoms with E-state index in [4.69, 9.17) is 4.98 Å². The SMILES string of the molecule is CC(=O)NC(Cc1cccn1C)C(=O)NC1CCN(c2c(Cc3ccccc3)c(C)nc3ncnn23)CC1. The number of carbonyl (C=O) groups excluding carboxylic acids is 2. The number of carbonyl (C=O) groups is 2. The molecule has 1 aromatic carbocycles. The zero-order valence-electron chi connectivity index (χ0n) is 22.1. The van der Waals surface area contributed by atoms with Crippen LogP contribution < -0.4 is 15.5 Å². The van der Waals surface area contributed by atoms with Crippen molar-refractivity contribution in [2.45, 2.75) is 51.6 Å². The van der Waals surface area contributed by atoms with Crippen LogP contribution >= 0.6 is 0 Å². The van der Waals surface area contributed by atoms with Crippen molar-refractivity contribution < 1.29 is 9.59 Å². The minimum absolute atomic E-state index is 0.0233. The fourth-order valence-electron chi connectivity index (χ4n) is 5.21. The Balaban J connectivity index is 1.30. The van der Waals surface area contributed by atoms with Crippen LogP contribution in [0.1, 0.15) is 42.3 Å². The molecule has 4 aromatic rings. The summed E-state index contributed by atoms with van der Waals surface area (Å²) in [5.41, 5.74) is 4.27. The van der Waals surface area contributed by atoms with Gasteiger partial charge in [0.15, 0.2) is 0 Å². The summed E-state index contributed by atoms with van der Waals surface area (Å²) in [4.78, 5) is 36.4. The molecule has 0 aliphatic carbocycles. The number of anilines is 1. The number of rotatable bonds is 8. The zero-order valence-corrected chi connectivity index (χ0v) is 22.1. The molecule has 1 saturated heterocycles. The summed E-state index contributed by atoms with van der Waals surface area (Å²) in [6.45, 7) is 4.98. The molecule has 0 saturated carbocycles. The van der Waals surface area contributed by atoms with Gasteiger partial charge in [-0.25, -0.2) is 4.98 Å². The van der Waals surface area contributed by atoms with Gasteiger partial charge < -0.3 is 20.1 Å². The van der Waals surface area contributed by atoms with E-state index in [0.717, 1.165) is 55.1 Å². The molecular formula is C28H34N8O2. The second-order valence-corrected chi connectivity index (χ2v) is 9.97. The van der Waals surface area contributed by atoms with Gasteiger partial charge in [-0.15, -0.1) is 0 Å². The molecule has 198 valence electrons. The minimum Gasteiger partial charge on any atom is -0.356 e. The third-order valence-corrected chi connectivity index (χ3v) is 7.23. The van der Waals surface area contributed by atoms with Crippen LogP contribution in [0.5, 0.6) is 0 Å². The Kier molecular flexibility index (Phi) is 7.39. The van der Waals surface area contributed by atoms with Crippen LogP contribution in [-0.4, -0.2) is 61.1 Å². The van der Waals surface area contributed by atoms with Gasteiger partial charge in [0.25, 0.3) is 5.78 Å². The first kappa shape index (κ1) is 25.4. The van der Waals surface area contributed by atoms with E-state index in [1.54, 1.807) is 6.33 Å². The number of amides is 2. The van der Waals surface area contributed by atoms with Crippen LogP contribution in [0.25, 0.3) is 5.78 Å². The number of fused-ring (bicyclic) bond motifs is 1. The van der Waals surface area contributed by atoms with Gasteiger partial charge in [-0.05, 0) is 37.5 Å². The monoisotopic (exact) mass is 514 g/mol. The van der Waals surface area contributed by atoms with E-state index >= 15 is 0 Å². The fraction of sp³-hybridized carbons (Fsp3) is 0.393. The Hall–Kier alpha value is -4.21. The van der Waals surface area contributed by atoms with Crippen molar-refractivity contribution in [2.75, 3.05) is 18.0 Å². The number of hydrogen-bond donors (Lipinski definition) is 2. The van der Waals surface area contributed by atoms with E-state index in [2.05, 4.69) is 37.7 Å². The summed E-state index contributed by atoms with van der Waals surface area (Å²) in [5, 5.41) is 10.5. The van der Waals surface area contributed by atoms with Gasteiger partial charge in [-0.2, -0.15) is 14.6 Å². The highest BCUT2D eigenvalue weighted by Gasteiger charge is 2.28. The van der Waals surface area contributed by atoms with Crippen molar-refractivity contribution in [1.82, 2.24) is 34.8 Å². The van der Waals surface area contributed by atoms with E-state index in [1.807, 2.05) is 59.6 Å². The summed E-state index contributed by atoms with van der Waals surface area (Å²) in [6.07, 6.45) is 6.23. The van der Waals surface area contributed by atoms with E-state index < -0.39 is 6.04 Å². The summed E-state index contributed by atoms with van der Waals surface area (Å²) in [5.74, 6) is 1.23. The largest absolute Gasteiger partial charge is 0.356 e. The van der Waals surface area contributed by atoms with E-state index in [1.165, 1.54) is 12.5 Å². The quantitative estimate of drug-likeness (QED) is 0.373. The molecule has 10 heteroatoms.